The minimum atomic E-state index is -0.490. The molecule has 0 bridgehead atoms. The van der Waals surface area contributed by atoms with Gasteiger partial charge in [-0.15, -0.1) is 0 Å². The summed E-state index contributed by atoms with van der Waals surface area (Å²) < 4.78 is 33.8. The van der Waals surface area contributed by atoms with Gasteiger partial charge in [0.2, 0.25) is 5.88 Å². The van der Waals surface area contributed by atoms with Crippen LogP contribution in [-0.2, 0) is 4.74 Å². The average molecular weight is 645 g/mol. The molecule has 1 heterocycles. The minimum absolute atomic E-state index is 0.0339. The highest BCUT2D eigenvalue weighted by Gasteiger charge is 2.23. The summed E-state index contributed by atoms with van der Waals surface area (Å²) in [6.45, 7) is 4.06. The molecule has 0 saturated heterocycles. The molecule has 38 heavy (non-hydrogen) atoms. The van der Waals surface area contributed by atoms with Crippen LogP contribution in [-0.4, -0.2) is 31.4 Å². The van der Waals surface area contributed by atoms with Gasteiger partial charge in [-0.25, -0.2) is 14.2 Å². The van der Waals surface area contributed by atoms with E-state index in [2.05, 4.69) is 25.9 Å². The standard InChI is InChI=1S/C28H25FIN3O4S/c1-15(2)25-26(16-5-8-19(29)9-6-16)20-11-18(14-31)21(33-38-30)13-22(20)32-27(25)37-23-10-7-17(28(34)36-4)12-24(23)35-3/h5-15,31,33H,1-4H3. The smallest absolute Gasteiger partial charge is 0.337 e. The Labute approximate surface area is 236 Å². The Morgan fingerprint density at radius 1 is 1.11 bits per heavy atom. The van der Waals surface area contributed by atoms with Gasteiger partial charge in [-0.05, 0) is 59.5 Å². The zero-order chi connectivity index (χ0) is 27.4. The van der Waals surface area contributed by atoms with E-state index in [1.807, 2.05) is 26.0 Å². The number of fused-ring (bicyclic) bond motifs is 1. The molecule has 0 fully saturated rings. The highest BCUT2D eigenvalue weighted by molar-refractivity contribution is 14.2. The summed E-state index contributed by atoms with van der Waals surface area (Å²) >= 11 is 2.12. The number of nitrogens with one attached hydrogen (secondary N) is 2. The lowest BCUT2D eigenvalue weighted by molar-refractivity contribution is 0.0600. The Morgan fingerprint density at radius 3 is 2.45 bits per heavy atom. The first kappa shape index (κ1) is 27.6. The van der Waals surface area contributed by atoms with Gasteiger partial charge < -0.3 is 24.3 Å². The first-order valence-corrected chi connectivity index (χ1v) is 14.9. The van der Waals surface area contributed by atoms with E-state index in [9.17, 15) is 9.18 Å². The molecular weight excluding hydrogens is 620 g/mol. The van der Waals surface area contributed by atoms with Gasteiger partial charge in [-0.1, -0.05) is 26.0 Å². The number of benzene rings is 3. The van der Waals surface area contributed by atoms with Crippen molar-refractivity contribution >= 4 is 59.1 Å². The van der Waals surface area contributed by atoms with Crippen LogP contribution in [0.2, 0.25) is 0 Å². The van der Waals surface area contributed by atoms with Gasteiger partial charge in [-0.3, -0.25) is 0 Å². The van der Waals surface area contributed by atoms with Gasteiger partial charge in [0.05, 0.1) is 31.0 Å². The highest BCUT2D eigenvalue weighted by atomic mass is 127. The molecule has 4 rings (SSSR count). The number of nitrogens with zero attached hydrogens (tertiary/aromatic N) is 1. The maximum absolute atomic E-state index is 13.9. The van der Waals surface area contributed by atoms with E-state index >= 15 is 0 Å². The summed E-state index contributed by atoms with van der Waals surface area (Å²) in [5, 5.41) is 8.77. The lowest BCUT2D eigenvalue weighted by atomic mass is 9.89. The number of esters is 1. The summed E-state index contributed by atoms with van der Waals surface area (Å²) in [4.78, 5) is 16.9. The molecule has 0 unspecified atom stereocenters. The van der Waals surface area contributed by atoms with Crippen LogP contribution in [0.15, 0.2) is 54.6 Å². The Balaban J connectivity index is 2.01. The van der Waals surface area contributed by atoms with Crippen LogP contribution in [0.4, 0.5) is 10.1 Å². The van der Waals surface area contributed by atoms with Gasteiger partial charge >= 0.3 is 5.97 Å². The molecular formula is C28H25FIN3O4S. The fourth-order valence-corrected chi connectivity index (χ4v) is 5.18. The molecule has 0 spiro atoms. The van der Waals surface area contributed by atoms with Crippen molar-refractivity contribution < 1.29 is 23.4 Å². The van der Waals surface area contributed by atoms with Crippen LogP contribution in [0.1, 0.15) is 41.3 Å². The second kappa shape index (κ2) is 12.0. The summed E-state index contributed by atoms with van der Waals surface area (Å²) in [6, 6.07) is 14.8. The topological polar surface area (TPSA) is 93.5 Å². The van der Waals surface area contributed by atoms with Crippen LogP contribution in [0, 0.1) is 11.2 Å². The van der Waals surface area contributed by atoms with Gasteiger partial charge in [0.25, 0.3) is 0 Å². The van der Waals surface area contributed by atoms with Crippen molar-refractivity contribution in [2.75, 3.05) is 18.9 Å². The third kappa shape index (κ3) is 5.56. The summed E-state index contributed by atoms with van der Waals surface area (Å²) in [7, 11) is 4.18. The highest BCUT2D eigenvalue weighted by Crippen LogP contribution is 2.44. The van der Waals surface area contributed by atoms with E-state index in [1.54, 1.807) is 30.3 Å². The minimum Gasteiger partial charge on any atom is -0.493 e. The lowest BCUT2D eigenvalue weighted by Gasteiger charge is -2.21. The van der Waals surface area contributed by atoms with Gasteiger partial charge in [-0.2, -0.15) is 0 Å². The van der Waals surface area contributed by atoms with Gasteiger partial charge in [0.1, 0.15) is 5.82 Å². The quantitative estimate of drug-likeness (QED) is 0.0821. The number of carbonyl (C=O) groups excluding carboxylic acids is 1. The number of pyridine rings is 1. The number of anilines is 1. The van der Waals surface area contributed by atoms with Crippen molar-refractivity contribution in [3.05, 3.63) is 77.1 Å². The van der Waals surface area contributed by atoms with Crippen molar-refractivity contribution in [3.8, 4) is 28.5 Å². The van der Waals surface area contributed by atoms with Crippen molar-refractivity contribution in [1.29, 1.82) is 5.41 Å². The Hall–Kier alpha value is -3.38. The number of rotatable bonds is 9. The molecule has 3 aromatic carbocycles. The largest absolute Gasteiger partial charge is 0.493 e. The van der Waals surface area contributed by atoms with Crippen molar-refractivity contribution in [2.45, 2.75) is 19.8 Å². The second-order valence-electron chi connectivity index (χ2n) is 8.61. The third-order valence-corrected chi connectivity index (χ3v) is 6.92. The summed E-state index contributed by atoms with van der Waals surface area (Å²) in [6.07, 6.45) is 1.29. The summed E-state index contributed by atoms with van der Waals surface area (Å²) in [5.74, 6) is 0.207. The first-order chi connectivity index (χ1) is 18.3. The predicted octanol–water partition coefficient (Wildman–Crippen LogP) is 8.16. The predicted molar refractivity (Wildman–Crippen MR) is 159 cm³/mol. The molecule has 4 aromatic rings. The lowest BCUT2D eigenvalue weighted by Crippen LogP contribution is -2.05. The van der Waals surface area contributed by atoms with Crippen LogP contribution in [0.25, 0.3) is 22.0 Å². The van der Waals surface area contributed by atoms with E-state index in [0.717, 1.165) is 27.8 Å². The molecule has 10 heteroatoms. The molecule has 0 saturated carbocycles. The Morgan fingerprint density at radius 2 is 1.84 bits per heavy atom. The molecule has 196 valence electrons. The molecule has 2 N–H and O–H groups in total. The van der Waals surface area contributed by atoms with Gasteiger partial charge in [0, 0.05) is 53.1 Å². The first-order valence-electron chi connectivity index (χ1n) is 11.6. The van der Waals surface area contributed by atoms with E-state index in [-0.39, 0.29) is 11.7 Å². The van der Waals surface area contributed by atoms with Crippen LogP contribution in [0.5, 0.6) is 17.4 Å². The number of hydrogen-bond donors (Lipinski definition) is 2. The fraction of sp³-hybridized carbons (Fsp3) is 0.179. The van der Waals surface area contributed by atoms with E-state index in [1.165, 1.54) is 41.7 Å². The van der Waals surface area contributed by atoms with Gasteiger partial charge in [0.15, 0.2) is 11.5 Å². The van der Waals surface area contributed by atoms with Crippen LogP contribution >= 0.6 is 30.3 Å². The SMILES string of the molecule is COC(=O)c1ccc(Oc2nc3cc(NSI)c(C=N)cc3c(-c3ccc(F)cc3)c2C(C)C)c(OC)c1. The average Bonchev–Trinajstić information content (AvgIpc) is 2.92. The molecule has 0 aliphatic heterocycles. The number of methoxy groups -OCH3 is 2. The summed E-state index contributed by atoms with van der Waals surface area (Å²) in [5.41, 5.74) is 4.81. The number of halogens is 2. The number of hydrogen-bond acceptors (Lipinski definition) is 8. The molecule has 0 aliphatic carbocycles. The van der Waals surface area contributed by atoms with Crippen molar-refractivity contribution in [1.82, 2.24) is 4.98 Å². The van der Waals surface area contributed by atoms with E-state index < -0.39 is 5.97 Å². The van der Waals surface area contributed by atoms with Crippen LogP contribution < -0.4 is 14.2 Å². The zero-order valence-electron chi connectivity index (χ0n) is 21.1. The molecule has 0 atom stereocenters. The van der Waals surface area contributed by atoms with Crippen molar-refractivity contribution in [2.24, 2.45) is 0 Å². The maximum Gasteiger partial charge on any atom is 0.337 e. The number of aromatic nitrogens is 1. The molecule has 0 aliphatic rings. The molecule has 0 amide bonds. The van der Waals surface area contributed by atoms with E-state index in [0.29, 0.717) is 34.0 Å². The number of carbonyl (C=O) groups is 1. The molecule has 7 nitrogen and oxygen atoms in total. The third-order valence-electron chi connectivity index (χ3n) is 5.96. The molecule has 0 radical (unpaired) electrons. The Kier molecular flexibility index (Phi) is 8.72. The van der Waals surface area contributed by atoms with E-state index in [4.69, 9.17) is 24.6 Å². The van der Waals surface area contributed by atoms with Crippen molar-refractivity contribution in [3.63, 3.8) is 0 Å². The number of ether oxygens (including phenoxy) is 3. The molecule has 1 aromatic heterocycles. The van der Waals surface area contributed by atoms with Crippen LogP contribution in [0.3, 0.4) is 0 Å². The maximum atomic E-state index is 13.9. The fourth-order valence-electron chi connectivity index (χ4n) is 4.21. The zero-order valence-corrected chi connectivity index (χ0v) is 24.1. The monoisotopic (exact) mass is 645 g/mol. The normalized spacial score (nSPS) is 10.9. The Bertz CT molecular complexity index is 1510. The second-order valence-corrected chi connectivity index (χ2v) is 10.3.